The van der Waals surface area contributed by atoms with E-state index in [-0.39, 0.29) is 23.8 Å². The van der Waals surface area contributed by atoms with Crippen LogP contribution >= 0.6 is 0 Å². The molecule has 0 heterocycles. The molecule has 0 unspecified atom stereocenters. The van der Waals surface area contributed by atoms with E-state index in [1.807, 2.05) is 6.92 Å². The van der Waals surface area contributed by atoms with Crippen molar-refractivity contribution >= 4 is 23.2 Å². The molecule has 26 heavy (non-hydrogen) atoms. The Labute approximate surface area is 150 Å². The topological polar surface area (TPSA) is 111 Å². The van der Waals surface area contributed by atoms with Crippen molar-refractivity contribution in [3.05, 3.63) is 63.7 Å². The maximum atomic E-state index is 12.3. The summed E-state index contributed by atoms with van der Waals surface area (Å²) in [5.41, 5.74) is 1.08. The van der Waals surface area contributed by atoms with Crippen molar-refractivity contribution in [1.82, 2.24) is 5.32 Å². The van der Waals surface area contributed by atoms with Crippen molar-refractivity contribution in [2.45, 2.75) is 13.8 Å². The highest BCUT2D eigenvalue weighted by molar-refractivity contribution is 6.04. The molecule has 8 nitrogen and oxygen atoms in total. The number of nitrogens with one attached hydrogen (secondary N) is 2. The third-order valence-corrected chi connectivity index (χ3v) is 3.52. The van der Waals surface area contributed by atoms with E-state index in [0.29, 0.717) is 23.5 Å². The Morgan fingerprint density at radius 2 is 1.85 bits per heavy atom. The fourth-order valence-electron chi connectivity index (χ4n) is 2.18. The highest BCUT2D eigenvalue weighted by atomic mass is 16.6. The minimum absolute atomic E-state index is 0.0907. The lowest BCUT2D eigenvalue weighted by Gasteiger charge is -2.09. The van der Waals surface area contributed by atoms with Gasteiger partial charge in [-0.15, -0.1) is 0 Å². The summed E-state index contributed by atoms with van der Waals surface area (Å²) >= 11 is 0. The molecule has 0 fully saturated rings. The first-order chi connectivity index (χ1) is 12.4. The van der Waals surface area contributed by atoms with Crippen molar-refractivity contribution in [2.75, 3.05) is 18.5 Å². The van der Waals surface area contributed by atoms with Crippen LogP contribution in [0.1, 0.15) is 22.8 Å². The standard InChI is InChI=1S/C18H19N3O5/c1-3-19-17(22)11-26-15-8-6-14(7-9-15)20-18(23)13-5-4-12(2)16(10-13)21(24)25/h4-10H,3,11H2,1-2H3,(H,19,22)(H,20,23). The molecule has 0 radical (unpaired) electrons. The lowest BCUT2D eigenvalue weighted by atomic mass is 10.1. The second kappa shape index (κ2) is 8.61. The monoisotopic (exact) mass is 357 g/mol. The van der Waals surface area contributed by atoms with Gasteiger partial charge in [0.2, 0.25) is 0 Å². The number of benzene rings is 2. The summed E-state index contributed by atoms with van der Waals surface area (Å²) in [5.74, 6) is -0.185. The van der Waals surface area contributed by atoms with Crippen LogP contribution in [0, 0.1) is 17.0 Å². The summed E-state index contributed by atoms with van der Waals surface area (Å²) in [4.78, 5) is 34.1. The second-order valence-corrected chi connectivity index (χ2v) is 5.48. The number of anilines is 1. The molecule has 2 N–H and O–H groups in total. The summed E-state index contributed by atoms with van der Waals surface area (Å²) in [6.07, 6.45) is 0. The van der Waals surface area contributed by atoms with E-state index in [1.165, 1.54) is 18.2 Å². The normalized spacial score (nSPS) is 10.1. The maximum Gasteiger partial charge on any atom is 0.273 e. The number of carbonyl (C=O) groups is 2. The van der Waals surface area contributed by atoms with Crippen molar-refractivity contribution in [3.63, 3.8) is 0 Å². The van der Waals surface area contributed by atoms with E-state index < -0.39 is 10.8 Å². The Bertz CT molecular complexity index is 818. The number of nitro groups is 1. The molecular weight excluding hydrogens is 338 g/mol. The zero-order valence-corrected chi connectivity index (χ0v) is 14.4. The van der Waals surface area contributed by atoms with Gasteiger partial charge in [0.15, 0.2) is 6.61 Å². The number of nitrogens with zero attached hydrogens (tertiary/aromatic N) is 1. The molecule has 0 bridgehead atoms. The SMILES string of the molecule is CCNC(=O)COc1ccc(NC(=O)c2ccc(C)c([N+](=O)[O-])c2)cc1. The molecule has 0 aliphatic rings. The molecule has 0 aliphatic heterocycles. The fourth-order valence-corrected chi connectivity index (χ4v) is 2.18. The van der Waals surface area contributed by atoms with Gasteiger partial charge >= 0.3 is 0 Å². The zero-order valence-electron chi connectivity index (χ0n) is 14.4. The molecule has 8 heteroatoms. The lowest BCUT2D eigenvalue weighted by Crippen LogP contribution is -2.28. The maximum absolute atomic E-state index is 12.3. The van der Waals surface area contributed by atoms with Gasteiger partial charge in [-0.25, -0.2) is 0 Å². The quantitative estimate of drug-likeness (QED) is 0.585. The van der Waals surface area contributed by atoms with Gasteiger partial charge in [0.05, 0.1) is 4.92 Å². The number of likely N-dealkylation sites (N-methyl/N-ethyl adjacent to an activating group) is 1. The molecule has 2 aromatic rings. The average molecular weight is 357 g/mol. The second-order valence-electron chi connectivity index (χ2n) is 5.48. The smallest absolute Gasteiger partial charge is 0.273 e. The third kappa shape index (κ3) is 5.04. The van der Waals surface area contributed by atoms with Crippen molar-refractivity contribution in [3.8, 4) is 5.75 Å². The molecule has 0 aromatic heterocycles. The first-order valence-electron chi connectivity index (χ1n) is 7.96. The van der Waals surface area contributed by atoms with Gasteiger partial charge < -0.3 is 15.4 Å². The number of carbonyl (C=O) groups excluding carboxylic acids is 2. The third-order valence-electron chi connectivity index (χ3n) is 3.52. The van der Waals surface area contributed by atoms with E-state index in [0.717, 1.165) is 0 Å². The van der Waals surface area contributed by atoms with Crippen molar-refractivity contribution < 1.29 is 19.2 Å². The van der Waals surface area contributed by atoms with Crippen LogP contribution in [0.5, 0.6) is 5.75 Å². The number of hydrogen-bond donors (Lipinski definition) is 2. The molecule has 0 saturated carbocycles. The van der Waals surface area contributed by atoms with Crippen molar-refractivity contribution in [1.29, 1.82) is 0 Å². The van der Waals surface area contributed by atoms with Crippen LogP contribution in [0.2, 0.25) is 0 Å². The lowest BCUT2D eigenvalue weighted by molar-refractivity contribution is -0.385. The zero-order chi connectivity index (χ0) is 19.1. The molecule has 0 saturated heterocycles. The minimum atomic E-state index is -0.521. The largest absolute Gasteiger partial charge is 0.484 e. The molecule has 0 spiro atoms. The van der Waals surface area contributed by atoms with E-state index in [4.69, 9.17) is 4.74 Å². The Balaban J connectivity index is 2.00. The van der Waals surface area contributed by atoms with Crippen LogP contribution < -0.4 is 15.4 Å². The Morgan fingerprint density at radius 1 is 1.15 bits per heavy atom. The molecule has 2 amide bonds. The van der Waals surface area contributed by atoms with Gasteiger partial charge in [0.25, 0.3) is 17.5 Å². The minimum Gasteiger partial charge on any atom is -0.484 e. The number of amides is 2. The molecule has 2 aromatic carbocycles. The van der Waals surface area contributed by atoms with Gasteiger partial charge in [-0.1, -0.05) is 6.07 Å². The number of hydrogen-bond acceptors (Lipinski definition) is 5. The summed E-state index contributed by atoms with van der Waals surface area (Å²) < 4.78 is 5.32. The average Bonchev–Trinajstić information content (AvgIpc) is 2.61. The van der Waals surface area contributed by atoms with E-state index in [2.05, 4.69) is 10.6 Å². The molecular formula is C18H19N3O5. The summed E-state index contributed by atoms with van der Waals surface area (Å²) in [6.45, 7) is 3.87. The van der Waals surface area contributed by atoms with E-state index >= 15 is 0 Å². The van der Waals surface area contributed by atoms with Crippen LogP contribution in [-0.4, -0.2) is 29.9 Å². The first-order valence-corrected chi connectivity index (χ1v) is 7.96. The number of nitro benzene ring substituents is 1. The van der Waals surface area contributed by atoms with E-state index in [9.17, 15) is 19.7 Å². The van der Waals surface area contributed by atoms with Gasteiger partial charge in [-0.05, 0) is 44.2 Å². The van der Waals surface area contributed by atoms with Crippen LogP contribution in [0.25, 0.3) is 0 Å². The predicted octanol–water partition coefficient (Wildman–Crippen LogP) is 2.67. The molecule has 0 aliphatic carbocycles. The first kappa shape index (κ1) is 18.9. The molecule has 136 valence electrons. The van der Waals surface area contributed by atoms with Gasteiger partial charge in [-0.3, -0.25) is 19.7 Å². The molecule has 2 rings (SSSR count). The predicted molar refractivity (Wildman–Crippen MR) is 96.4 cm³/mol. The van der Waals surface area contributed by atoms with E-state index in [1.54, 1.807) is 31.2 Å². The Kier molecular flexibility index (Phi) is 6.26. The summed E-state index contributed by atoms with van der Waals surface area (Å²) in [7, 11) is 0. The number of rotatable bonds is 7. The Morgan fingerprint density at radius 3 is 2.46 bits per heavy atom. The number of ether oxygens (including phenoxy) is 1. The summed E-state index contributed by atoms with van der Waals surface area (Å²) in [5, 5.41) is 16.3. The van der Waals surface area contributed by atoms with Crippen LogP contribution in [0.3, 0.4) is 0 Å². The van der Waals surface area contributed by atoms with Crippen LogP contribution in [0.4, 0.5) is 11.4 Å². The Hall–Kier alpha value is -3.42. The van der Waals surface area contributed by atoms with Crippen molar-refractivity contribution in [2.24, 2.45) is 0 Å². The van der Waals surface area contributed by atoms with Crippen LogP contribution in [-0.2, 0) is 4.79 Å². The molecule has 0 atom stereocenters. The number of aryl methyl sites for hydroxylation is 1. The van der Waals surface area contributed by atoms with Gasteiger partial charge in [0.1, 0.15) is 5.75 Å². The van der Waals surface area contributed by atoms with Crippen LogP contribution in [0.15, 0.2) is 42.5 Å². The highest BCUT2D eigenvalue weighted by Crippen LogP contribution is 2.21. The van der Waals surface area contributed by atoms with Gasteiger partial charge in [0, 0.05) is 29.4 Å². The fraction of sp³-hybridized carbons (Fsp3) is 0.222. The highest BCUT2D eigenvalue weighted by Gasteiger charge is 2.15. The van der Waals surface area contributed by atoms with Gasteiger partial charge in [-0.2, -0.15) is 0 Å². The summed E-state index contributed by atoms with van der Waals surface area (Å²) in [6, 6.07) is 10.8.